The highest BCUT2D eigenvalue weighted by molar-refractivity contribution is 5.89. The first-order valence-electron chi connectivity index (χ1n) is 8.56. The minimum absolute atomic E-state index is 0.101. The van der Waals surface area contributed by atoms with Gasteiger partial charge in [0.2, 0.25) is 0 Å². The molecule has 0 radical (unpaired) electrons. The number of nitrogens with one attached hydrogen (secondary N) is 2. The molecule has 0 saturated heterocycles. The molecule has 28 heavy (non-hydrogen) atoms. The maximum Gasteiger partial charge on any atom is 0.338 e. The van der Waals surface area contributed by atoms with E-state index in [-0.39, 0.29) is 11.7 Å². The number of hydrogen-bond acceptors (Lipinski definition) is 6. The summed E-state index contributed by atoms with van der Waals surface area (Å²) in [4.78, 5) is 20.2. The van der Waals surface area contributed by atoms with Crippen LogP contribution in [-0.4, -0.2) is 22.5 Å². The zero-order valence-electron chi connectivity index (χ0n) is 15.3. The van der Waals surface area contributed by atoms with Crippen molar-refractivity contribution in [3.05, 3.63) is 71.6 Å². The number of halogens is 2. The van der Waals surface area contributed by atoms with Crippen molar-refractivity contribution in [2.45, 2.75) is 13.8 Å². The molecule has 0 atom stereocenters. The summed E-state index contributed by atoms with van der Waals surface area (Å²) in [5.74, 6) is -0.487. The van der Waals surface area contributed by atoms with Crippen LogP contribution in [0, 0.1) is 18.6 Å². The van der Waals surface area contributed by atoms with Crippen molar-refractivity contribution in [3.8, 4) is 0 Å². The monoisotopic (exact) mass is 384 g/mol. The summed E-state index contributed by atoms with van der Waals surface area (Å²) in [7, 11) is 0. The molecule has 0 spiro atoms. The Hall–Kier alpha value is -3.55. The fourth-order valence-electron chi connectivity index (χ4n) is 2.48. The van der Waals surface area contributed by atoms with E-state index in [4.69, 9.17) is 4.74 Å². The molecule has 3 rings (SSSR count). The summed E-state index contributed by atoms with van der Waals surface area (Å²) in [5, 5.41) is 5.91. The van der Waals surface area contributed by atoms with E-state index in [1.165, 1.54) is 6.07 Å². The maximum atomic E-state index is 13.8. The highest BCUT2D eigenvalue weighted by Gasteiger charge is 2.09. The predicted molar refractivity (Wildman–Crippen MR) is 102 cm³/mol. The Kier molecular flexibility index (Phi) is 5.78. The quantitative estimate of drug-likeness (QED) is 0.599. The molecule has 0 unspecified atom stereocenters. The molecule has 0 fully saturated rings. The summed E-state index contributed by atoms with van der Waals surface area (Å²) in [6.45, 7) is 3.75. The molecule has 1 heterocycles. The summed E-state index contributed by atoms with van der Waals surface area (Å²) in [5.41, 5.74) is 1.25. The number of anilines is 4. The van der Waals surface area contributed by atoms with Gasteiger partial charge in [-0.25, -0.2) is 23.5 Å². The second-order valence-electron chi connectivity index (χ2n) is 5.86. The minimum atomic E-state index is -0.722. The van der Waals surface area contributed by atoms with Gasteiger partial charge in [0, 0.05) is 17.8 Å². The molecule has 0 aliphatic rings. The van der Waals surface area contributed by atoms with Crippen LogP contribution >= 0.6 is 0 Å². The molecule has 0 amide bonds. The first kappa shape index (κ1) is 19.2. The van der Waals surface area contributed by atoms with Gasteiger partial charge in [0.15, 0.2) is 0 Å². The highest BCUT2D eigenvalue weighted by Crippen LogP contribution is 2.23. The van der Waals surface area contributed by atoms with Crippen LogP contribution in [0.2, 0.25) is 0 Å². The Balaban J connectivity index is 1.77. The van der Waals surface area contributed by atoms with E-state index in [2.05, 4.69) is 20.6 Å². The van der Waals surface area contributed by atoms with E-state index >= 15 is 0 Å². The third-order valence-corrected chi connectivity index (χ3v) is 3.70. The van der Waals surface area contributed by atoms with Gasteiger partial charge in [-0.1, -0.05) is 0 Å². The lowest BCUT2D eigenvalue weighted by Crippen LogP contribution is -2.05. The second kappa shape index (κ2) is 8.43. The van der Waals surface area contributed by atoms with Gasteiger partial charge in [0.05, 0.1) is 17.9 Å². The van der Waals surface area contributed by atoms with E-state index in [1.54, 1.807) is 44.2 Å². The SMILES string of the molecule is CCOC(=O)c1ccc(Nc2cc(Nc3ccc(F)cc3F)nc(C)n2)cc1. The normalized spacial score (nSPS) is 10.4. The number of carbonyl (C=O) groups is 1. The fraction of sp³-hybridized carbons (Fsp3) is 0.150. The molecular weight excluding hydrogens is 366 g/mol. The fourth-order valence-corrected chi connectivity index (χ4v) is 2.48. The molecule has 0 aliphatic carbocycles. The third-order valence-electron chi connectivity index (χ3n) is 3.70. The number of carbonyl (C=O) groups excluding carboxylic acids is 1. The summed E-state index contributed by atoms with van der Waals surface area (Å²) < 4.78 is 31.8. The first-order valence-corrected chi connectivity index (χ1v) is 8.56. The van der Waals surface area contributed by atoms with Gasteiger partial charge in [-0.2, -0.15) is 0 Å². The van der Waals surface area contributed by atoms with Crippen molar-refractivity contribution < 1.29 is 18.3 Å². The Labute approximate surface area is 160 Å². The van der Waals surface area contributed by atoms with Gasteiger partial charge >= 0.3 is 5.97 Å². The van der Waals surface area contributed by atoms with Crippen LogP contribution in [-0.2, 0) is 4.74 Å². The summed E-state index contributed by atoms with van der Waals surface area (Å²) >= 11 is 0. The molecule has 1 aromatic heterocycles. The molecule has 0 saturated carbocycles. The van der Waals surface area contributed by atoms with E-state index in [0.717, 1.165) is 12.1 Å². The van der Waals surface area contributed by atoms with Gasteiger partial charge in [-0.3, -0.25) is 0 Å². The molecule has 2 N–H and O–H groups in total. The average Bonchev–Trinajstić information content (AvgIpc) is 2.64. The van der Waals surface area contributed by atoms with Crippen LogP contribution in [0.4, 0.5) is 31.8 Å². The minimum Gasteiger partial charge on any atom is -0.462 e. The summed E-state index contributed by atoms with van der Waals surface area (Å²) in [6.07, 6.45) is 0. The first-order chi connectivity index (χ1) is 13.4. The van der Waals surface area contributed by atoms with E-state index in [0.29, 0.717) is 35.3 Å². The number of rotatable bonds is 6. The Morgan fingerprint density at radius 2 is 1.68 bits per heavy atom. The molecular formula is C20H18F2N4O2. The lowest BCUT2D eigenvalue weighted by Gasteiger charge is -2.11. The third kappa shape index (κ3) is 4.79. The molecule has 0 bridgehead atoms. The zero-order chi connectivity index (χ0) is 20.1. The predicted octanol–water partition coefficient (Wildman–Crippen LogP) is 4.73. The molecule has 8 heteroatoms. The second-order valence-corrected chi connectivity index (χ2v) is 5.86. The Morgan fingerprint density at radius 3 is 2.32 bits per heavy atom. The van der Waals surface area contributed by atoms with Crippen LogP contribution in [0.15, 0.2) is 48.5 Å². The van der Waals surface area contributed by atoms with Crippen molar-refractivity contribution in [1.29, 1.82) is 0 Å². The molecule has 6 nitrogen and oxygen atoms in total. The van der Waals surface area contributed by atoms with Crippen molar-refractivity contribution in [2.75, 3.05) is 17.2 Å². The zero-order valence-corrected chi connectivity index (χ0v) is 15.3. The largest absolute Gasteiger partial charge is 0.462 e. The lowest BCUT2D eigenvalue weighted by atomic mass is 10.2. The Bertz CT molecular complexity index is 994. The van der Waals surface area contributed by atoms with Gasteiger partial charge in [-0.15, -0.1) is 0 Å². The van der Waals surface area contributed by atoms with Gasteiger partial charge in [-0.05, 0) is 50.2 Å². The average molecular weight is 384 g/mol. The number of aromatic nitrogens is 2. The number of esters is 1. The topological polar surface area (TPSA) is 76.1 Å². The van der Waals surface area contributed by atoms with Crippen molar-refractivity contribution in [3.63, 3.8) is 0 Å². The van der Waals surface area contributed by atoms with Crippen molar-refractivity contribution in [2.24, 2.45) is 0 Å². The maximum absolute atomic E-state index is 13.8. The number of nitrogens with zero attached hydrogens (tertiary/aromatic N) is 2. The van der Waals surface area contributed by atoms with Crippen LogP contribution in [0.3, 0.4) is 0 Å². The summed E-state index contributed by atoms with van der Waals surface area (Å²) in [6, 6.07) is 11.6. The van der Waals surface area contributed by atoms with Crippen LogP contribution in [0.5, 0.6) is 0 Å². The standard InChI is InChI=1S/C20H18F2N4O2/c1-3-28-20(27)13-4-7-15(8-5-13)25-18-11-19(24-12(2)23-18)26-17-9-6-14(21)10-16(17)22/h4-11H,3H2,1-2H3,(H2,23,24,25,26). The number of ether oxygens (including phenoxy) is 1. The van der Waals surface area contributed by atoms with E-state index < -0.39 is 11.6 Å². The van der Waals surface area contributed by atoms with E-state index in [1.807, 2.05) is 0 Å². The molecule has 0 aliphatic heterocycles. The molecule has 144 valence electrons. The Morgan fingerprint density at radius 1 is 1.00 bits per heavy atom. The smallest absolute Gasteiger partial charge is 0.338 e. The van der Waals surface area contributed by atoms with E-state index in [9.17, 15) is 13.6 Å². The number of benzene rings is 2. The molecule has 3 aromatic rings. The lowest BCUT2D eigenvalue weighted by molar-refractivity contribution is 0.0526. The van der Waals surface area contributed by atoms with Crippen LogP contribution < -0.4 is 10.6 Å². The molecule has 2 aromatic carbocycles. The number of hydrogen-bond donors (Lipinski definition) is 2. The van der Waals surface area contributed by atoms with Crippen molar-refractivity contribution in [1.82, 2.24) is 9.97 Å². The van der Waals surface area contributed by atoms with Crippen LogP contribution in [0.25, 0.3) is 0 Å². The van der Waals surface area contributed by atoms with Gasteiger partial charge in [0.1, 0.15) is 29.1 Å². The van der Waals surface area contributed by atoms with Gasteiger partial charge in [0.25, 0.3) is 0 Å². The van der Waals surface area contributed by atoms with Gasteiger partial charge < -0.3 is 15.4 Å². The van der Waals surface area contributed by atoms with Crippen LogP contribution in [0.1, 0.15) is 23.1 Å². The van der Waals surface area contributed by atoms with Crippen molar-refractivity contribution >= 4 is 29.0 Å². The highest BCUT2D eigenvalue weighted by atomic mass is 19.1. The number of aryl methyl sites for hydroxylation is 1.